The molecule has 0 saturated heterocycles. The Morgan fingerprint density at radius 2 is 1.71 bits per heavy atom. The Hall–Kier alpha value is -3.80. The summed E-state index contributed by atoms with van der Waals surface area (Å²) in [7, 11) is 3.24. The molecule has 0 unspecified atom stereocenters. The second-order valence-corrected chi connectivity index (χ2v) is 7.36. The van der Waals surface area contributed by atoms with Gasteiger partial charge in [0.25, 0.3) is 5.91 Å². The summed E-state index contributed by atoms with van der Waals surface area (Å²) >= 11 is 0. The lowest BCUT2D eigenvalue weighted by Crippen LogP contribution is -2.31. The van der Waals surface area contributed by atoms with Crippen molar-refractivity contribution in [3.05, 3.63) is 77.6 Å². The minimum Gasteiger partial charge on any atom is -0.496 e. The van der Waals surface area contributed by atoms with Crippen LogP contribution in [0.3, 0.4) is 0 Å². The van der Waals surface area contributed by atoms with Crippen molar-refractivity contribution in [1.29, 1.82) is 0 Å². The monoisotopic (exact) mass is 417 g/mol. The molecule has 0 fully saturated rings. The number of aryl methyl sites for hydroxylation is 1. The number of methoxy groups -OCH3 is 1. The molecule has 0 aliphatic heterocycles. The van der Waals surface area contributed by atoms with Crippen molar-refractivity contribution in [3.8, 4) is 5.75 Å². The van der Waals surface area contributed by atoms with E-state index in [1.54, 1.807) is 14.2 Å². The Morgan fingerprint density at radius 1 is 0.968 bits per heavy atom. The van der Waals surface area contributed by atoms with Crippen LogP contribution in [0.5, 0.6) is 5.75 Å². The highest BCUT2D eigenvalue weighted by atomic mass is 16.5. The van der Waals surface area contributed by atoms with Crippen molar-refractivity contribution in [2.75, 3.05) is 20.8 Å². The quantitative estimate of drug-likeness (QED) is 0.425. The van der Waals surface area contributed by atoms with Gasteiger partial charge in [0.2, 0.25) is 5.76 Å². The molecule has 158 valence electrons. The average Bonchev–Trinajstić information content (AvgIpc) is 3.14. The summed E-state index contributed by atoms with van der Waals surface area (Å²) in [6.45, 7) is 1.78. The second-order valence-electron chi connectivity index (χ2n) is 7.36. The van der Waals surface area contributed by atoms with Gasteiger partial charge in [0.05, 0.1) is 7.11 Å². The Morgan fingerprint density at radius 3 is 2.52 bits per heavy atom. The van der Waals surface area contributed by atoms with Crippen molar-refractivity contribution in [1.82, 2.24) is 4.90 Å². The first-order chi connectivity index (χ1) is 15.0. The third-order valence-corrected chi connectivity index (χ3v) is 5.37. The van der Waals surface area contributed by atoms with E-state index in [1.165, 1.54) is 4.90 Å². The van der Waals surface area contributed by atoms with Gasteiger partial charge in [-0.1, -0.05) is 54.6 Å². The van der Waals surface area contributed by atoms with E-state index in [-0.39, 0.29) is 18.3 Å². The Kier molecular flexibility index (Phi) is 5.62. The molecule has 1 heterocycles. The number of carbonyl (C=O) groups is 2. The van der Waals surface area contributed by atoms with E-state index in [2.05, 4.69) is 0 Å². The van der Waals surface area contributed by atoms with E-state index >= 15 is 0 Å². The van der Waals surface area contributed by atoms with E-state index in [0.717, 1.165) is 21.7 Å². The van der Waals surface area contributed by atoms with Crippen LogP contribution in [0.25, 0.3) is 21.7 Å². The molecule has 1 amide bonds. The smallest absolute Gasteiger partial charge is 0.375 e. The Labute approximate surface area is 180 Å². The number of likely N-dealkylation sites (N-methyl/N-ethyl adjacent to an activating group) is 1. The summed E-state index contributed by atoms with van der Waals surface area (Å²) < 4.78 is 16.5. The van der Waals surface area contributed by atoms with Gasteiger partial charge in [-0.2, -0.15) is 0 Å². The first-order valence-corrected chi connectivity index (χ1v) is 9.93. The van der Waals surface area contributed by atoms with E-state index in [9.17, 15) is 9.59 Å². The number of fused-ring (bicyclic) bond motifs is 3. The molecular formula is C25H23NO5. The van der Waals surface area contributed by atoms with Crippen LogP contribution in [0.1, 0.15) is 21.7 Å². The zero-order chi connectivity index (χ0) is 22.0. The molecule has 0 atom stereocenters. The number of benzene rings is 3. The fourth-order valence-electron chi connectivity index (χ4n) is 3.62. The SMILES string of the molecule is COc1ccccc1CN(C)C(=O)COC(=O)c1oc2c(ccc3ccccc32)c1C. The zero-order valence-corrected chi connectivity index (χ0v) is 17.7. The number of hydrogen-bond acceptors (Lipinski definition) is 5. The van der Waals surface area contributed by atoms with Gasteiger partial charge in [-0.15, -0.1) is 0 Å². The zero-order valence-electron chi connectivity index (χ0n) is 17.7. The maximum atomic E-state index is 12.7. The van der Waals surface area contributed by atoms with Crippen LogP contribution in [0.4, 0.5) is 0 Å². The van der Waals surface area contributed by atoms with E-state index in [4.69, 9.17) is 13.9 Å². The predicted octanol–water partition coefficient (Wildman–Crippen LogP) is 4.72. The number of para-hydroxylation sites is 1. The molecule has 6 nitrogen and oxygen atoms in total. The van der Waals surface area contributed by atoms with E-state index in [1.807, 2.05) is 67.6 Å². The molecule has 0 bridgehead atoms. The van der Waals surface area contributed by atoms with Crippen molar-refractivity contribution < 1.29 is 23.5 Å². The highest BCUT2D eigenvalue weighted by molar-refractivity contribution is 6.08. The Balaban J connectivity index is 1.47. The predicted molar refractivity (Wildman–Crippen MR) is 118 cm³/mol. The maximum absolute atomic E-state index is 12.7. The summed E-state index contributed by atoms with van der Waals surface area (Å²) in [5, 5.41) is 2.80. The molecule has 0 N–H and O–H groups in total. The van der Waals surface area contributed by atoms with Crippen molar-refractivity contribution in [3.63, 3.8) is 0 Å². The minimum absolute atomic E-state index is 0.117. The molecule has 6 heteroatoms. The topological polar surface area (TPSA) is 69.0 Å². The number of hydrogen-bond donors (Lipinski definition) is 0. The first kappa shape index (κ1) is 20.5. The summed E-state index contributed by atoms with van der Waals surface area (Å²) in [6, 6.07) is 19.2. The lowest BCUT2D eigenvalue weighted by atomic mass is 10.1. The molecule has 0 radical (unpaired) electrons. The highest BCUT2D eigenvalue weighted by Crippen LogP contribution is 2.32. The number of esters is 1. The highest BCUT2D eigenvalue weighted by Gasteiger charge is 2.22. The third-order valence-electron chi connectivity index (χ3n) is 5.37. The number of rotatable bonds is 6. The molecule has 0 spiro atoms. The number of carbonyl (C=O) groups excluding carboxylic acids is 2. The van der Waals surface area contributed by atoms with Gasteiger partial charge in [-0.05, 0) is 18.4 Å². The molecule has 4 rings (SSSR count). The molecule has 31 heavy (non-hydrogen) atoms. The van der Waals surface area contributed by atoms with Crippen LogP contribution in [0.15, 0.2) is 65.1 Å². The van der Waals surface area contributed by atoms with E-state index in [0.29, 0.717) is 23.4 Å². The number of nitrogens with zero attached hydrogens (tertiary/aromatic N) is 1. The van der Waals surface area contributed by atoms with Crippen LogP contribution < -0.4 is 4.74 Å². The normalized spacial score (nSPS) is 10.9. The lowest BCUT2D eigenvalue weighted by molar-refractivity contribution is -0.133. The molecule has 4 aromatic rings. The van der Waals surface area contributed by atoms with Gasteiger partial charge in [-0.25, -0.2) is 4.79 Å². The van der Waals surface area contributed by atoms with Crippen molar-refractivity contribution >= 4 is 33.6 Å². The van der Waals surface area contributed by atoms with Gasteiger partial charge in [0.1, 0.15) is 11.3 Å². The summed E-state index contributed by atoms with van der Waals surface area (Å²) in [5.41, 5.74) is 2.20. The first-order valence-electron chi connectivity index (χ1n) is 9.93. The van der Waals surface area contributed by atoms with Crippen LogP contribution in [0, 0.1) is 6.92 Å². The molecule has 0 aliphatic rings. The molecule has 3 aromatic carbocycles. The van der Waals surface area contributed by atoms with Crippen molar-refractivity contribution in [2.24, 2.45) is 0 Å². The van der Waals surface area contributed by atoms with Crippen molar-refractivity contribution in [2.45, 2.75) is 13.5 Å². The summed E-state index contributed by atoms with van der Waals surface area (Å²) in [5.74, 6) is -0.161. The molecular weight excluding hydrogens is 394 g/mol. The third kappa shape index (κ3) is 3.97. The maximum Gasteiger partial charge on any atom is 0.375 e. The Bertz CT molecular complexity index is 1270. The van der Waals surface area contributed by atoms with Crippen LogP contribution in [0.2, 0.25) is 0 Å². The fraction of sp³-hybridized carbons (Fsp3) is 0.200. The fourth-order valence-corrected chi connectivity index (χ4v) is 3.62. The number of amides is 1. The minimum atomic E-state index is -0.656. The standard InChI is InChI=1S/C25H23NO5/c1-16-19-13-12-17-8-4-6-10-20(17)24(19)31-23(16)25(28)30-15-22(27)26(2)14-18-9-5-7-11-21(18)29-3/h4-13H,14-15H2,1-3H3. The summed E-state index contributed by atoms with van der Waals surface area (Å²) in [4.78, 5) is 26.6. The van der Waals surface area contributed by atoms with Crippen LogP contribution in [-0.2, 0) is 16.1 Å². The number of ether oxygens (including phenoxy) is 2. The molecule has 0 aliphatic carbocycles. The summed E-state index contributed by atoms with van der Waals surface area (Å²) in [6.07, 6.45) is 0. The van der Waals surface area contributed by atoms with Gasteiger partial charge in [0, 0.05) is 35.5 Å². The second kappa shape index (κ2) is 8.52. The average molecular weight is 417 g/mol. The van der Waals surface area contributed by atoms with Crippen LogP contribution in [-0.4, -0.2) is 37.5 Å². The van der Waals surface area contributed by atoms with Gasteiger partial charge in [0.15, 0.2) is 6.61 Å². The van der Waals surface area contributed by atoms with Gasteiger partial charge < -0.3 is 18.8 Å². The number of furan rings is 1. The molecule has 0 saturated carbocycles. The van der Waals surface area contributed by atoms with Gasteiger partial charge in [-0.3, -0.25) is 4.79 Å². The van der Waals surface area contributed by atoms with Gasteiger partial charge >= 0.3 is 5.97 Å². The lowest BCUT2D eigenvalue weighted by Gasteiger charge is -2.18. The molecule has 1 aromatic heterocycles. The van der Waals surface area contributed by atoms with Crippen LogP contribution >= 0.6 is 0 Å². The largest absolute Gasteiger partial charge is 0.496 e. The van der Waals surface area contributed by atoms with E-state index < -0.39 is 5.97 Å².